The number of methoxy groups -OCH3 is 1. The summed E-state index contributed by atoms with van der Waals surface area (Å²) in [7, 11) is 1.51. The number of aromatic nitrogens is 2. The molecular formula is C16H13N3O3. The number of amides is 1. The van der Waals surface area contributed by atoms with E-state index in [0.29, 0.717) is 17.0 Å². The second-order valence-corrected chi connectivity index (χ2v) is 4.48. The Kier molecular flexibility index (Phi) is 3.82. The van der Waals surface area contributed by atoms with Crippen LogP contribution in [0.25, 0.3) is 11.3 Å². The first-order valence-electron chi connectivity index (χ1n) is 6.62. The van der Waals surface area contributed by atoms with Gasteiger partial charge >= 0.3 is 0 Å². The maximum Gasteiger partial charge on any atom is 0.260 e. The highest BCUT2D eigenvalue weighted by molar-refractivity contribution is 6.06. The molecular weight excluding hydrogens is 282 g/mol. The average Bonchev–Trinajstić information content (AvgIpc) is 3.03. The summed E-state index contributed by atoms with van der Waals surface area (Å²) >= 11 is 0. The van der Waals surface area contributed by atoms with Gasteiger partial charge in [0, 0.05) is 5.56 Å². The summed E-state index contributed by atoms with van der Waals surface area (Å²) in [6, 6.07) is 16.3. The molecule has 1 amide bonds. The van der Waals surface area contributed by atoms with Crippen molar-refractivity contribution in [2.45, 2.75) is 0 Å². The number of para-hydroxylation sites is 1. The van der Waals surface area contributed by atoms with E-state index in [1.54, 1.807) is 24.3 Å². The summed E-state index contributed by atoms with van der Waals surface area (Å²) < 4.78 is 9.93. The number of rotatable bonds is 4. The van der Waals surface area contributed by atoms with Crippen LogP contribution in [0.4, 0.5) is 5.82 Å². The molecule has 1 N–H and O–H groups in total. The van der Waals surface area contributed by atoms with Crippen LogP contribution in [0.2, 0.25) is 0 Å². The molecule has 1 aromatic heterocycles. The van der Waals surface area contributed by atoms with E-state index in [0.717, 1.165) is 5.56 Å². The van der Waals surface area contributed by atoms with Crippen LogP contribution < -0.4 is 10.1 Å². The molecule has 3 aromatic rings. The molecule has 0 radical (unpaired) electrons. The van der Waals surface area contributed by atoms with Crippen LogP contribution >= 0.6 is 0 Å². The van der Waals surface area contributed by atoms with E-state index in [9.17, 15) is 4.79 Å². The van der Waals surface area contributed by atoms with Gasteiger partial charge in [-0.3, -0.25) is 4.79 Å². The van der Waals surface area contributed by atoms with Gasteiger partial charge < -0.3 is 10.1 Å². The fourth-order valence-electron chi connectivity index (χ4n) is 2.06. The summed E-state index contributed by atoms with van der Waals surface area (Å²) in [5, 5.41) is 10.3. The maximum absolute atomic E-state index is 12.4. The van der Waals surface area contributed by atoms with Gasteiger partial charge in [0.25, 0.3) is 5.91 Å². The van der Waals surface area contributed by atoms with Gasteiger partial charge in [0.1, 0.15) is 5.75 Å². The lowest BCUT2D eigenvalue weighted by Crippen LogP contribution is -2.14. The van der Waals surface area contributed by atoms with Crippen LogP contribution in [0, 0.1) is 0 Å². The first-order chi connectivity index (χ1) is 10.8. The van der Waals surface area contributed by atoms with Crippen molar-refractivity contribution < 1.29 is 14.2 Å². The minimum atomic E-state index is -0.342. The van der Waals surface area contributed by atoms with Crippen molar-refractivity contribution in [3.8, 4) is 17.0 Å². The molecule has 0 bridgehead atoms. The van der Waals surface area contributed by atoms with Gasteiger partial charge in [-0.05, 0) is 22.4 Å². The van der Waals surface area contributed by atoms with Crippen LogP contribution in [0.1, 0.15) is 10.4 Å². The van der Waals surface area contributed by atoms with Crippen LogP contribution in [0.3, 0.4) is 0 Å². The SMILES string of the molecule is COc1ccccc1C(=O)Nc1nonc1-c1ccccc1. The number of nitrogens with one attached hydrogen (secondary N) is 1. The van der Waals surface area contributed by atoms with Gasteiger partial charge in [0.05, 0.1) is 12.7 Å². The van der Waals surface area contributed by atoms with Gasteiger partial charge in [-0.1, -0.05) is 42.5 Å². The number of benzene rings is 2. The Morgan fingerprint density at radius 1 is 1.05 bits per heavy atom. The number of carbonyl (C=O) groups excluding carboxylic acids is 1. The second kappa shape index (κ2) is 6.09. The number of carbonyl (C=O) groups is 1. The molecule has 0 fully saturated rings. The van der Waals surface area contributed by atoms with Gasteiger partial charge in [0.2, 0.25) is 5.82 Å². The highest BCUT2D eigenvalue weighted by atomic mass is 16.6. The lowest BCUT2D eigenvalue weighted by atomic mass is 10.1. The van der Waals surface area contributed by atoms with Crippen LogP contribution in [0.15, 0.2) is 59.2 Å². The van der Waals surface area contributed by atoms with E-state index in [-0.39, 0.29) is 11.7 Å². The first kappa shape index (κ1) is 13.8. The van der Waals surface area contributed by atoms with E-state index >= 15 is 0 Å². The Balaban J connectivity index is 1.88. The molecule has 0 spiro atoms. The molecule has 0 saturated heterocycles. The third-order valence-electron chi connectivity index (χ3n) is 3.12. The monoisotopic (exact) mass is 295 g/mol. The molecule has 6 nitrogen and oxygen atoms in total. The van der Waals surface area contributed by atoms with E-state index < -0.39 is 0 Å². The number of nitrogens with zero attached hydrogens (tertiary/aromatic N) is 2. The molecule has 2 aromatic carbocycles. The van der Waals surface area contributed by atoms with Crippen molar-refractivity contribution in [1.29, 1.82) is 0 Å². The molecule has 6 heteroatoms. The number of ether oxygens (including phenoxy) is 1. The summed E-state index contributed by atoms with van der Waals surface area (Å²) in [6.07, 6.45) is 0. The molecule has 1 heterocycles. The van der Waals surface area contributed by atoms with Crippen LogP contribution in [0.5, 0.6) is 5.75 Å². The summed E-state index contributed by atoms with van der Waals surface area (Å²) in [5.74, 6) is 0.408. The number of hydrogen-bond donors (Lipinski definition) is 1. The van der Waals surface area contributed by atoms with E-state index in [1.807, 2.05) is 30.3 Å². The molecule has 0 aliphatic carbocycles. The zero-order valence-electron chi connectivity index (χ0n) is 11.8. The lowest BCUT2D eigenvalue weighted by molar-refractivity contribution is 0.102. The summed E-state index contributed by atoms with van der Waals surface area (Å²) in [4.78, 5) is 12.4. The van der Waals surface area contributed by atoms with E-state index in [2.05, 4.69) is 15.6 Å². The lowest BCUT2D eigenvalue weighted by Gasteiger charge is -2.07. The Bertz CT molecular complexity index is 784. The molecule has 0 unspecified atom stereocenters. The third kappa shape index (κ3) is 2.67. The highest BCUT2D eigenvalue weighted by Gasteiger charge is 2.18. The Morgan fingerprint density at radius 3 is 2.55 bits per heavy atom. The quantitative estimate of drug-likeness (QED) is 0.800. The van der Waals surface area contributed by atoms with Crippen molar-refractivity contribution in [2.75, 3.05) is 12.4 Å². The predicted molar refractivity (Wildman–Crippen MR) is 80.7 cm³/mol. The fraction of sp³-hybridized carbons (Fsp3) is 0.0625. The van der Waals surface area contributed by atoms with Gasteiger partial charge in [-0.25, -0.2) is 4.63 Å². The smallest absolute Gasteiger partial charge is 0.260 e. The zero-order chi connectivity index (χ0) is 15.4. The van der Waals surface area contributed by atoms with Gasteiger partial charge in [0.15, 0.2) is 5.69 Å². The van der Waals surface area contributed by atoms with Crippen LogP contribution in [-0.4, -0.2) is 23.3 Å². The average molecular weight is 295 g/mol. The minimum Gasteiger partial charge on any atom is -0.496 e. The van der Waals surface area contributed by atoms with Crippen molar-refractivity contribution >= 4 is 11.7 Å². The molecule has 3 rings (SSSR count). The highest BCUT2D eigenvalue weighted by Crippen LogP contribution is 2.25. The normalized spacial score (nSPS) is 10.2. The Labute approximate surface area is 126 Å². The standard InChI is InChI=1S/C16H13N3O3/c1-21-13-10-6-5-9-12(13)16(20)17-15-14(18-22-19-15)11-7-3-2-4-8-11/h2-10H,1H3,(H,17,19,20). The maximum atomic E-state index is 12.4. The summed E-state index contributed by atoms with van der Waals surface area (Å²) in [6.45, 7) is 0. The molecule has 0 aliphatic heterocycles. The third-order valence-corrected chi connectivity index (χ3v) is 3.12. The summed E-state index contributed by atoms with van der Waals surface area (Å²) in [5.41, 5.74) is 1.69. The topological polar surface area (TPSA) is 77.2 Å². The van der Waals surface area contributed by atoms with Gasteiger partial charge in [-0.2, -0.15) is 0 Å². The molecule has 110 valence electrons. The predicted octanol–water partition coefficient (Wildman–Crippen LogP) is 3.00. The fourth-order valence-corrected chi connectivity index (χ4v) is 2.06. The largest absolute Gasteiger partial charge is 0.496 e. The van der Waals surface area contributed by atoms with E-state index in [1.165, 1.54) is 7.11 Å². The van der Waals surface area contributed by atoms with Crippen LogP contribution in [-0.2, 0) is 0 Å². The second-order valence-electron chi connectivity index (χ2n) is 4.48. The van der Waals surface area contributed by atoms with Crippen molar-refractivity contribution in [2.24, 2.45) is 0 Å². The Hall–Kier alpha value is -3.15. The number of hydrogen-bond acceptors (Lipinski definition) is 5. The molecule has 0 atom stereocenters. The van der Waals surface area contributed by atoms with Crippen molar-refractivity contribution in [3.63, 3.8) is 0 Å². The zero-order valence-corrected chi connectivity index (χ0v) is 11.8. The van der Waals surface area contributed by atoms with E-state index in [4.69, 9.17) is 9.37 Å². The van der Waals surface area contributed by atoms with Crippen molar-refractivity contribution in [1.82, 2.24) is 10.3 Å². The van der Waals surface area contributed by atoms with Crippen molar-refractivity contribution in [3.05, 3.63) is 60.2 Å². The molecule has 0 aliphatic rings. The van der Waals surface area contributed by atoms with Gasteiger partial charge in [-0.15, -0.1) is 0 Å². The number of anilines is 1. The Morgan fingerprint density at radius 2 is 1.77 bits per heavy atom. The molecule has 0 saturated carbocycles. The first-order valence-corrected chi connectivity index (χ1v) is 6.62. The minimum absolute atomic E-state index is 0.266. The molecule has 22 heavy (non-hydrogen) atoms.